The van der Waals surface area contributed by atoms with E-state index in [4.69, 9.17) is 0 Å². The van der Waals surface area contributed by atoms with Crippen molar-refractivity contribution in [3.8, 4) is 0 Å². The fraction of sp³-hybridized carbons (Fsp3) is 0.600. The first kappa shape index (κ1) is 14.4. The number of aliphatic hydroxyl groups excluding tert-OH is 1. The molecular weight excluding hydrogens is 243 g/mol. The van der Waals surface area contributed by atoms with Crippen LogP contribution < -0.4 is 5.32 Å². The summed E-state index contributed by atoms with van der Waals surface area (Å²) in [6.07, 6.45) is 2.63. The Morgan fingerprint density at radius 3 is 2.53 bits per heavy atom. The van der Waals surface area contributed by atoms with Gasteiger partial charge in [0.15, 0.2) is 0 Å². The van der Waals surface area contributed by atoms with Crippen LogP contribution >= 0.6 is 0 Å². The molecule has 1 atom stereocenters. The van der Waals surface area contributed by atoms with E-state index in [2.05, 4.69) is 10.2 Å². The third-order valence-corrected chi connectivity index (χ3v) is 3.91. The lowest BCUT2D eigenvalue weighted by Crippen LogP contribution is -2.37. The van der Waals surface area contributed by atoms with E-state index in [0.717, 1.165) is 44.5 Å². The molecule has 1 fully saturated rings. The fourth-order valence-electron chi connectivity index (χ4n) is 2.63. The van der Waals surface area contributed by atoms with Crippen LogP contribution in [0.5, 0.6) is 0 Å². The van der Waals surface area contributed by atoms with Crippen LogP contribution in [0.25, 0.3) is 0 Å². The Morgan fingerprint density at radius 2 is 1.95 bits per heavy atom. The Hall–Kier alpha value is -0.970. The highest BCUT2D eigenvalue weighted by Gasteiger charge is 2.18. The number of likely N-dealkylation sites (tertiary alicyclic amines) is 1. The van der Waals surface area contributed by atoms with Crippen molar-refractivity contribution in [1.29, 1.82) is 0 Å². The minimum atomic E-state index is -0.191. The summed E-state index contributed by atoms with van der Waals surface area (Å²) in [7, 11) is 1.94. The van der Waals surface area contributed by atoms with Crippen molar-refractivity contribution in [2.45, 2.75) is 31.4 Å². The number of halogens is 1. The van der Waals surface area contributed by atoms with Crippen LogP contribution in [0, 0.1) is 5.82 Å². The maximum absolute atomic E-state index is 12.9. The first-order chi connectivity index (χ1) is 9.19. The molecule has 1 aliphatic rings. The summed E-state index contributed by atoms with van der Waals surface area (Å²) in [6, 6.07) is 6.97. The Morgan fingerprint density at radius 1 is 1.32 bits per heavy atom. The molecule has 2 rings (SSSR count). The molecule has 1 aromatic rings. The molecule has 0 aromatic heterocycles. The van der Waals surface area contributed by atoms with Crippen molar-refractivity contribution < 1.29 is 9.50 Å². The molecule has 0 radical (unpaired) electrons. The number of rotatable bonds is 5. The third-order valence-electron chi connectivity index (χ3n) is 3.91. The van der Waals surface area contributed by atoms with Gasteiger partial charge in [-0.1, -0.05) is 12.1 Å². The number of nitrogens with one attached hydrogen (secondary N) is 1. The van der Waals surface area contributed by atoms with Crippen LogP contribution in [-0.4, -0.2) is 42.8 Å². The molecule has 0 aliphatic carbocycles. The lowest BCUT2D eigenvalue weighted by Gasteiger charge is -2.30. The Kier molecular flexibility index (Phi) is 5.31. The van der Waals surface area contributed by atoms with E-state index < -0.39 is 0 Å². The second-order valence-corrected chi connectivity index (χ2v) is 5.25. The molecule has 1 aliphatic heterocycles. The molecule has 0 bridgehead atoms. The maximum atomic E-state index is 12.9. The van der Waals surface area contributed by atoms with Crippen molar-refractivity contribution in [1.82, 2.24) is 10.2 Å². The van der Waals surface area contributed by atoms with E-state index in [0.29, 0.717) is 0 Å². The second kappa shape index (κ2) is 6.98. The molecule has 1 aromatic carbocycles. The molecule has 0 spiro atoms. The SMILES string of the molecule is CNC(CCN1CCC(O)CC1)c1ccc(F)cc1. The topological polar surface area (TPSA) is 35.5 Å². The zero-order valence-electron chi connectivity index (χ0n) is 11.5. The minimum absolute atomic E-state index is 0.117. The van der Waals surface area contributed by atoms with Gasteiger partial charge in [0.1, 0.15) is 5.82 Å². The van der Waals surface area contributed by atoms with Gasteiger partial charge in [-0.3, -0.25) is 0 Å². The molecule has 1 heterocycles. The van der Waals surface area contributed by atoms with Crippen LogP contribution in [0.4, 0.5) is 4.39 Å². The standard InChI is InChI=1S/C15H23FN2O/c1-17-15(12-2-4-13(16)5-3-12)8-11-18-9-6-14(19)7-10-18/h2-5,14-15,17,19H,6-11H2,1H3. The Labute approximate surface area is 114 Å². The lowest BCUT2D eigenvalue weighted by atomic mass is 10.0. The second-order valence-electron chi connectivity index (χ2n) is 5.25. The number of piperidine rings is 1. The van der Waals surface area contributed by atoms with Crippen molar-refractivity contribution in [2.24, 2.45) is 0 Å². The zero-order valence-corrected chi connectivity index (χ0v) is 11.5. The van der Waals surface area contributed by atoms with Crippen molar-refractivity contribution >= 4 is 0 Å². The van der Waals surface area contributed by atoms with E-state index in [1.54, 1.807) is 0 Å². The minimum Gasteiger partial charge on any atom is -0.393 e. The maximum Gasteiger partial charge on any atom is 0.123 e. The highest BCUT2D eigenvalue weighted by molar-refractivity contribution is 5.19. The van der Waals surface area contributed by atoms with Crippen LogP contribution in [0.15, 0.2) is 24.3 Å². The van der Waals surface area contributed by atoms with Crippen LogP contribution in [0.3, 0.4) is 0 Å². The number of hydrogen-bond donors (Lipinski definition) is 2. The van der Waals surface area contributed by atoms with E-state index in [1.165, 1.54) is 12.1 Å². The average molecular weight is 266 g/mol. The molecule has 4 heteroatoms. The van der Waals surface area contributed by atoms with E-state index in [1.807, 2.05) is 19.2 Å². The number of aliphatic hydroxyl groups is 1. The average Bonchev–Trinajstić information content (AvgIpc) is 2.43. The van der Waals surface area contributed by atoms with E-state index >= 15 is 0 Å². The van der Waals surface area contributed by atoms with Crippen molar-refractivity contribution in [3.05, 3.63) is 35.6 Å². The predicted octanol–water partition coefficient (Wildman–Crippen LogP) is 1.93. The molecule has 1 saturated heterocycles. The molecule has 0 amide bonds. The van der Waals surface area contributed by atoms with Crippen molar-refractivity contribution in [3.63, 3.8) is 0 Å². The van der Waals surface area contributed by atoms with Gasteiger partial charge in [0.25, 0.3) is 0 Å². The smallest absolute Gasteiger partial charge is 0.123 e. The van der Waals surface area contributed by atoms with Gasteiger partial charge >= 0.3 is 0 Å². The van der Waals surface area contributed by atoms with Crippen LogP contribution in [0.2, 0.25) is 0 Å². The highest BCUT2D eigenvalue weighted by atomic mass is 19.1. The molecular formula is C15H23FN2O. The first-order valence-corrected chi connectivity index (χ1v) is 7.02. The first-order valence-electron chi connectivity index (χ1n) is 7.02. The van der Waals surface area contributed by atoms with E-state index in [9.17, 15) is 9.50 Å². The largest absolute Gasteiger partial charge is 0.393 e. The molecule has 19 heavy (non-hydrogen) atoms. The summed E-state index contributed by atoms with van der Waals surface area (Å²) in [5.41, 5.74) is 1.13. The van der Waals surface area contributed by atoms with Gasteiger partial charge in [-0.05, 0) is 50.6 Å². The quantitative estimate of drug-likeness (QED) is 0.855. The molecule has 1 unspecified atom stereocenters. The summed E-state index contributed by atoms with van der Waals surface area (Å²) < 4.78 is 12.9. The Balaban J connectivity index is 1.84. The number of hydrogen-bond acceptors (Lipinski definition) is 3. The molecule has 106 valence electrons. The van der Waals surface area contributed by atoms with Gasteiger partial charge in [0.2, 0.25) is 0 Å². The van der Waals surface area contributed by atoms with Gasteiger partial charge < -0.3 is 15.3 Å². The molecule has 3 nitrogen and oxygen atoms in total. The summed E-state index contributed by atoms with van der Waals surface area (Å²) in [5.74, 6) is -0.191. The predicted molar refractivity (Wildman–Crippen MR) is 74.5 cm³/mol. The Bertz CT molecular complexity index is 374. The third kappa shape index (κ3) is 4.27. The van der Waals surface area contributed by atoms with Gasteiger partial charge in [-0.2, -0.15) is 0 Å². The highest BCUT2D eigenvalue weighted by Crippen LogP contribution is 2.19. The summed E-state index contributed by atoms with van der Waals surface area (Å²) in [4.78, 5) is 2.39. The molecule has 0 saturated carbocycles. The molecule has 2 N–H and O–H groups in total. The van der Waals surface area contributed by atoms with Gasteiger partial charge in [-0.15, -0.1) is 0 Å². The van der Waals surface area contributed by atoms with E-state index in [-0.39, 0.29) is 18.0 Å². The number of benzene rings is 1. The fourth-order valence-corrected chi connectivity index (χ4v) is 2.63. The monoisotopic (exact) mass is 266 g/mol. The zero-order chi connectivity index (χ0) is 13.7. The summed E-state index contributed by atoms with van der Waals surface area (Å²) in [5, 5.41) is 12.8. The van der Waals surface area contributed by atoms with Gasteiger partial charge in [0, 0.05) is 19.1 Å². The van der Waals surface area contributed by atoms with Crippen molar-refractivity contribution in [2.75, 3.05) is 26.7 Å². The van der Waals surface area contributed by atoms with Crippen LogP contribution in [-0.2, 0) is 0 Å². The normalized spacial score (nSPS) is 19.5. The van der Waals surface area contributed by atoms with Crippen LogP contribution in [0.1, 0.15) is 30.9 Å². The van der Waals surface area contributed by atoms with Gasteiger partial charge in [-0.25, -0.2) is 4.39 Å². The van der Waals surface area contributed by atoms with Gasteiger partial charge in [0.05, 0.1) is 6.10 Å². The summed E-state index contributed by atoms with van der Waals surface area (Å²) in [6.45, 7) is 2.96. The number of nitrogens with zero attached hydrogens (tertiary/aromatic N) is 1. The lowest BCUT2D eigenvalue weighted by molar-refractivity contribution is 0.0807. The summed E-state index contributed by atoms with van der Waals surface area (Å²) >= 11 is 0.